The number of benzene rings is 1. The smallest absolute Gasteiger partial charge is 0.268 e. The highest BCUT2D eigenvalue weighted by Crippen LogP contribution is 2.45. The fourth-order valence-corrected chi connectivity index (χ4v) is 5.87. The first-order chi connectivity index (χ1) is 15.0. The van der Waals surface area contributed by atoms with Crippen LogP contribution in [0, 0.1) is 6.92 Å². The summed E-state index contributed by atoms with van der Waals surface area (Å²) in [6, 6.07) is 9.03. The zero-order chi connectivity index (χ0) is 21.3. The highest BCUT2D eigenvalue weighted by molar-refractivity contribution is 7.20. The first kappa shape index (κ1) is 18.3. The summed E-state index contributed by atoms with van der Waals surface area (Å²) in [5.74, 6) is 0.958. The number of aromatic nitrogens is 2. The topological polar surface area (TPSA) is 96.3 Å². The maximum absolute atomic E-state index is 13.6. The van der Waals surface area contributed by atoms with Gasteiger partial charge < -0.3 is 14.3 Å². The normalized spacial score (nSPS) is 17.4. The standard InChI is InChI=1S/C23H17N3O4S/c1-11-17-21(28)24-20(16-6-3-9-30-16)25-22(17)31-19(11)23(29)26-10-12-7-8-15(27)13-4-2-5-14(26)18(12)13/h2-6,9,12H,7-8,10H2,1H3,(H,24,25,28). The average Bonchev–Trinajstić information content (AvgIpc) is 3.49. The van der Waals surface area contributed by atoms with Gasteiger partial charge in [0.2, 0.25) is 0 Å². The van der Waals surface area contributed by atoms with Crippen molar-refractivity contribution in [3.05, 3.63) is 68.5 Å². The van der Waals surface area contributed by atoms with Crippen LogP contribution < -0.4 is 10.5 Å². The molecule has 0 bridgehead atoms. The summed E-state index contributed by atoms with van der Waals surface area (Å²) in [7, 11) is 0. The fourth-order valence-electron chi connectivity index (χ4n) is 4.74. The van der Waals surface area contributed by atoms with Crippen LogP contribution in [0.15, 0.2) is 45.8 Å². The molecule has 1 aliphatic heterocycles. The molecule has 1 atom stereocenters. The highest BCUT2D eigenvalue weighted by atomic mass is 32.1. The molecule has 4 aromatic rings. The number of ketones is 1. The number of carbonyl (C=O) groups excluding carboxylic acids is 2. The summed E-state index contributed by atoms with van der Waals surface area (Å²) in [6.45, 7) is 2.33. The van der Waals surface area contributed by atoms with Crippen molar-refractivity contribution < 1.29 is 14.0 Å². The molecule has 1 N–H and O–H groups in total. The summed E-state index contributed by atoms with van der Waals surface area (Å²) < 4.78 is 5.35. The van der Waals surface area contributed by atoms with Crippen LogP contribution in [0.2, 0.25) is 0 Å². The van der Waals surface area contributed by atoms with E-state index in [0.717, 1.165) is 23.2 Å². The molecule has 4 heterocycles. The molecule has 1 aliphatic carbocycles. The largest absolute Gasteiger partial charge is 0.461 e. The molecular weight excluding hydrogens is 414 g/mol. The molecule has 0 saturated heterocycles. The molecule has 7 nitrogen and oxygen atoms in total. The van der Waals surface area contributed by atoms with Gasteiger partial charge in [-0.25, -0.2) is 4.98 Å². The van der Waals surface area contributed by atoms with Crippen molar-refractivity contribution in [2.45, 2.75) is 25.7 Å². The number of Topliss-reactive ketones (excluding diaryl/α,β-unsaturated/α-hetero) is 1. The summed E-state index contributed by atoms with van der Waals surface area (Å²) in [6.07, 6.45) is 2.78. The van der Waals surface area contributed by atoms with Crippen molar-refractivity contribution in [3.8, 4) is 11.6 Å². The summed E-state index contributed by atoms with van der Waals surface area (Å²) in [5.41, 5.74) is 2.85. The number of fused-ring (bicyclic) bond motifs is 1. The van der Waals surface area contributed by atoms with Gasteiger partial charge in [-0.05, 0) is 42.7 Å². The molecule has 0 radical (unpaired) electrons. The van der Waals surface area contributed by atoms with E-state index in [0.29, 0.717) is 45.2 Å². The number of nitrogens with one attached hydrogen (secondary N) is 1. The Balaban J connectivity index is 1.46. The van der Waals surface area contributed by atoms with Gasteiger partial charge in [0.15, 0.2) is 17.4 Å². The van der Waals surface area contributed by atoms with Crippen molar-refractivity contribution in [1.82, 2.24) is 9.97 Å². The molecule has 1 aromatic carbocycles. The van der Waals surface area contributed by atoms with Gasteiger partial charge in [0, 0.05) is 30.1 Å². The minimum Gasteiger partial charge on any atom is -0.461 e. The number of anilines is 1. The first-order valence-corrected chi connectivity index (χ1v) is 10.9. The van der Waals surface area contributed by atoms with E-state index < -0.39 is 0 Å². The van der Waals surface area contributed by atoms with E-state index in [2.05, 4.69) is 9.97 Å². The molecule has 31 heavy (non-hydrogen) atoms. The lowest BCUT2D eigenvalue weighted by molar-refractivity contribution is 0.0968. The van der Waals surface area contributed by atoms with Gasteiger partial charge in [0.25, 0.3) is 11.5 Å². The predicted octanol–water partition coefficient (Wildman–Crippen LogP) is 4.27. The van der Waals surface area contributed by atoms with Crippen LogP contribution in [0.4, 0.5) is 5.69 Å². The van der Waals surface area contributed by atoms with Crippen molar-refractivity contribution in [2.75, 3.05) is 11.4 Å². The highest BCUT2D eigenvalue weighted by Gasteiger charge is 2.39. The van der Waals surface area contributed by atoms with Gasteiger partial charge in [-0.3, -0.25) is 14.4 Å². The Labute approximate surface area is 180 Å². The lowest BCUT2D eigenvalue weighted by Crippen LogP contribution is -2.29. The Morgan fingerprint density at radius 3 is 2.94 bits per heavy atom. The Kier molecular flexibility index (Phi) is 3.82. The molecule has 8 heteroatoms. The molecule has 1 unspecified atom stereocenters. The quantitative estimate of drug-likeness (QED) is 0.511. The van der Waals surface area contributed by atoms with Crippen LogP contribution in [0.25, 0.3) is 21.8 Å². The molecule has 6 rings (SSSR count). The number of furan rings is 1. The van der Waals surface area contributed by atoms with Crippen LogP contribution in [0.1, 0.15) is 49.9 Å². The lowest BCUT2D eigenvalue weighted by atomic mass is 9.83. The minimum atomic E-state index is -0.297. The van der Waals surface area contributed by atoms with Gasteiger partial charge >= 0.3 is 0 Å². The number of thiophene rings is 1. The van der Waals surface area contributed by atoms with E-state index >= 15 is 0 Å². The average molecular weight is 431 g/mol. The van der Waals surface area contributed by atoms with Crippen LogP contribution >= 0.6 is 11.3 Å². The number of hydrogen-bond acceptors (Lipinski definition) is 6. The number of hydrogen-bond donors (Lipinski definition) is 1. The zero-order valence-electron chi connectivity index (χ0n) is 16.6. The van der Waals surface area contributed by atoms with E-state index in [1.807, 2.05) is 18.2 Å². The Morgan fingerprint density at radius 1 is 1.26 bits per heavy atom. The van der Waals surface area contributed by atoms with E-state index in [1.165, 1.54) is 17.6 Å². The SMILES string of the molecule is Cc1c(C(=O)N2CC3CCC(=O)c4cccc2c43)sc2nc(-c3ccco3)[nH]c(=O)c12. The van der Waals surface area contributed by atoms with Crippen LogP contribution in [-0.2, 0) is 0 Å². The van der Waals surface area contributed by atoms with Gasteiger partial charge in [-0.15, -0.1) is 11.3 Å². The summed E-state index contributed by atoms with van der Waals surface area (Å²) in [4.78, 5) is 48.7. The Hall–Kier alpha value is -3.52. The maximum Gasteiger partial charge on any atom is 0.268 e. The molecule has 0 fully saturated rings. The van der Waals surface area contributed by atoms with Crippen LogP contribution in [0.3, 0.4) is 0 Å². The number of aryl methyl sites for hydroxylation is 1. The van der Waals surface area contributed by atoms with E-state index in [-0.39, 0.29) is 23.2 Å². The number of carbonyl (C=O) groups is 2. The van der Waals surface area contributed by atoms with Gasteiger partial charge in [0.1, 0.15) is 4.83 Å². The monoisotopic (exact) mass is 431 g/mol. The number of H-pyrrole nitrogens is 1. The van der Waals surface area contributed by atoms with Crippen molar-refractivity contribution in [1.29, 1.82) is 0 Å². The zero-order valence-corrected chi connectivity index (χ0v) is 17.4. The molecule has 0 spiro atoms. The number of rotatable bonds is 2. The second kappa shape index (κ2) is 6.49. The van der Waals surface area contributed by atoms with Crippen molar-refractivity contribution in [2.24, 2.45) is 0 Å². The third kappa shape index (κ3) is 2.58. The number of aromatic amines is 1. The van der Waals surface area contributed by atoms with Gasteiger partial charge in [-0.2, -0.15) is 0 Å². The van der Waals surface area contributed by atoms with Crippen molar-refractivity contribution in [3.63, 3.8) is 0 Å². The summed E-state index contributed by atoms with van der Waals surface area (Å²) >= 11 is 1.22. The van der Waals surface area contributed by atoms with E-state index in [9.17, 15) is 14.4 Å². The van der Waals surface area contributed by atoms with Crippen LogP contribution in [0.5, 0.6) is 0 Å². The van der Waals surface area contributed by atoms with Crippen molar-refractivity contribution >= 4 is 38.9 Å². The second-order valence-corrected chi connectivity index (χ2v) is 8.94. The summed E-state index contributed by atoms with van der Waals surface area (Å²) in [5, 5.41) is 0.424. The van der Waals surface area contributed by atoms with Gasteiger partial charge in [-0.1, -0.05) is 12.1 Å². The van der Waals surface area contributed by atoms with E-state index in [1.54, 1.807) is 24.0 Å². The molecular formula is C23H17N3O4S. The Bertz CT molecular complexity index is 1450. The lowest BCUT2D eigenvalue weighted by Gasteiger charge is -2.18. The minimum absolute atomic E-state index is 0.140. The van der Waals surface area contributed by atoms with Crippen LogP contribution in [-0.4, -0.2) is 28.2 Å². The first-order valence-electron chi connectivity index (χ1n) is 10.1. The second-order valence-electron chi connectivity index (χ2n) is 7.94. The Morgan fingerprint density at radius 2 is 2.13 bits per heavy atom. The predicted molar refractivity (Wildman–Crippen MR) is 117 cm³/mol. The molecule has 154 valence electrons. The maximum atomic E-state index is 13.6. The molecule has 3 aromatic heterocycles. The third-order valence-corrected chi connectivity index (χ3v) is 7.37. The van der Waals surface area contributed by atoms with E-state index in [4.69, 9.17) is 4.42 Å². The third-order valence-electron chi connectivity index (χ3n) is 6.20. The molecule has 0 saturated carbocycles. The number of nitrogens with zero attached hydrogens (tertiary/aromatic N) is 2. The van der Waals surface area contributed by atoms with Gasteiger partial charge in [0.05, 0.1) is 16.5 Å². The molecule has 1 amide bonds. The number of amides is 1. The fraction of sp³-hybridized carbons (Fsp3) is 0.217. The molecule has 2 aliphatic rings.